The van der Waals surface area contributed by atoms with E-state index in [4.69, 9.17) is 0 Å². The van der Waals surface area contributed by atoms with Crippen LogP contribution >= 0.6 is 24.0 Å². The van der Waals surface area contributed by atoms with Gasteiger partial charge in [0.05, 0.1) is 12.6 Å². The van der Waals surface area contributed by atoms with Gasteiger partial charge in [-0.3, -0.25) is 9.79 Å². The summed E-state index contributed by atoms with van der Waals surface area (Å²) in [5.74, 6) is 0.742. The molecule has 2 heterocycles. The Bertz CT molecular complexity index is 941. The zero-order valence-electron chi connectivity index (χ0n) is 19.0. The summed E-state index contributed by atoms with van der Waals surface area (Å²) in [7, 11) is 1.74. The Balaban J connectivity index is 0.00000289. The lowest BCUT2D eigenvalue weighted by Gasteiger charge is -2.29. The molecule has 0 aliphatic carbocycles. The highest BCUT2D eigenvalue weighted by atomic mass is 127. The Labute approximate surface area is 208 Å². The van der Waals surface area contributed by atoms with Gasteiger partial charge in [-0.05, 0) is 55.0 Å². The van der Waals surface area contributed by atoms with Gasteiger partial charge in [-0.1, -0.05) is 36.4 Å². The van der Waals surface area contributed by atoms with Gasteiger partial charge in [0.1, 0.15) is 0 Å². The number of fused-ring (bicyclic) bond motifs is 1. The molecular weight excluding hydrogens is 513 g/mol. The first-order valence-electron chi connectivity index (χ1n) is 11.3. The van der Waals surface area contributed by atoms with Crippen LogP contribution in [0.5, 0.6) is 0 Å². The van der Waals surface area contributed by atoms with Crippen LogP contribution in [-0.2, 0) is 17.8 Å². The normalized spacial score (nSPS) is 16.8. The molecule has 1 amide bonds. The molecule has 1 unspecified atom stereocenters. The Morgan fingerprint density at radius 3 is 2.56 bits per heavy atom. The second kappa shape index (κ2) is 11.5. The highest BCUT2D eigenvalue weighted by Gasteiger charge is 2.20. The molecule has 0 spiro atoms. The van der Waals surface area contributed by atoms with Crippen LogP contribution < -0.4 is 15.5 Å². The second-order valence-electron chi connectivity index (χ2n) is 8.41. The highest BCUT2D eigenvalue weighted by molar-refractivity contribution is 14.0. The van der Waals surface area contributed by atoms with E-state index in [1.165, 1.54) is 35.2 Å². The van der Waals surface area contributed by atoms with E-state index in [1.54, 1.807) is 7.05 Å². The van der Waals surface area contributed by atoms with Crippen molar-refractivity contribution in [3.05, 3.63) is 65.2 Å². The largest absolute Gasteiger partial charge is 0.372 e. The number of aliphatic imine (C=N–C) groups is 1. The third kappa shape index (κ3) is 5.94. The summed E-state index contributed by atoms with van der Waals surface area (Å²) in [5, 5.41) is 6.62. The molecule has 0 saturated carbocycles. The molecule has 32 heavy (non-hydrogen) atoms. The third-order valence-corrected chi connectivity index (χ3v) is 6.31. The molecule has 1 fully saturated rings. The molecule has 1 atom stereocenters. The molecule has 0 bridgehead atoms. The second-order valence-corrected chi connectivity index (χ2v) is 8.41. The quantitative estimate of drug-likeness (QED) is 0.341. The number of nitrogens with one attached hydrogen (secondary N) is 2. The van der Waals surface area contributed by atoms with Crippen LogP contribution in [0.15, 0.2) is 53.5 Å². The van der Waals surface area contributed by atoms with Crippen LogP contribution in [0.1, 0.15) is 42.5 Å². The topological polar surface area (TPSA) is 60.0 Å². The first-order chi connectivity index (χ1) is 15.1. The summed E-state index contributed by atoms with van der Waals surface area (Å²) in [6.07, 6.45) is 3.45. The summed E-state index contributed by atoms with van der Waals surface area (Å²) in [4.78, 5) is 21.4. The van der Waals surface area contributed by atoms with E-state index in [0.717, 1.165) is 26.1 Å². The first kappa shape index (κ1) is 24.4. The molecule has 4 rings (SSSR count). The van der Waals surface area contributed by atoms with Crippen LogP contribution in [0.25, 0.3) is 0 Å². The van der Waals surface area contributed by atoms with Gasteiger partial charge in [0, 0.05) is 38.9 Å². The smallest absolute Gasteiger partial charge is 0.242 e. The number of nitrogens with zero attached hydrogens (tertiary/aromatic N) is 3. The van der Waals surface area contributed by atoms with Gasteiger partial charge < -0.3 is 20.4 Å². The number of carbonyl (C=O) groups is 1. The summed E-state index contributed by atoms with van der Waals surface area (Å²) >= 11 is 0. The van der Waals surface area contributed by atoms with E-state index >= 15 is 0 Å². The van der Waals surface area contributed by atoms with Gasteiger partial charge in [-0.25, -0.2) is 0 Å². The standard InChI is InChI=1S/C25H33N5O.HI/c1-19(21-10-7-11-23(16-21)29-13-5-6-14-29)28-25(26-2)27-17-24(31)30-15-12-20-8-3-4-9-22(20)18-30;/h3-4,7-11,16,19H,5-6,12-15,17-18H2,1-2H3,(H2,26,27,28);1H. The molecule has 2 N–H and O–H groups in total. The number of guanidine groups is 1. The number of hydrogen-bond donors (Lipinski definition) is 2. The monoisotopic (exact) mass is 547 g/mol. The van der Waals surface area contributed by atoms with Crippen LogP contribution in [0.4, 0.5) is 5.69 Å². The predicted octanol–water partition coefficient (Wildman–Crippen LogP) is 3.72. The number of rotatable bonds is 5. The molecule has 7 heteroatoms. The van der Waals surface area contributed by atoms with Gasteiger partial charge in [0.15, 0.2) is 5.96 Å². The molecule has 2 aromatic carbocycles. The fourth-order valence-corrected chi connectivity index (χ4v) is 4.43. The maximum Gasteiger partial charge on any atom is 0.242 e. The highest BCUT2D eigenvalue weighted by Crippen LogP contribution is 2.24. The Kier molecular flexibility index (Phi) is 8.78. The van der Waals surface area contributed by atoms with Crippen molar-refractivity contribution in [2.24, 2.45) is 4.99 Å². The number of hydrogen-bond acceptors (Lipinski definition) is 3. The lowest BCUT2D eigenvalue weighted by molar-refractivity contribution is -0.130. The van der Waals surface area contributed by atoms with E-state index in [-0.39, 0.29) is 42.5 Å². The fourth-order valence-electron chi connectivity index (χ4n) is 4.43. The maximum atomic E-state index is 12.8. The summed E-state index contributed by atoms with van der Waals surface area (Å²) in [6, 6.07) is 17.2. The zero-order chi connectivity index (χ0) is 21.6. The van der Waals surface area contributed by atoms with Crippen molar-refractivity contribution in [2.45, 2.75) is 38.8 Å². The van der Waals surface area contributed by atoms with Crippen molar-refractivity contribution in [3.63, 3.8) is 0 Å². The summed E-state index contributed by atoms with van der Waals surface area (Å²) < 4.78 is 0. The minimum atomic E-state index is 0. The predicted molar refractivity (Wildman–Crippen MR) is 142 cm³/mol. The van der Waals surface area contributed by atoms with Crippen LogP contribution in [0, 0.1) is 0 Å². The number of carbonyl (C=O) groups excluding carboxylic acids is 1. The van der Waals surface area contributed by atoms with Crippen LogP contribution in [0.3, 0.4) is 0 Å². The van der Waals surface area contributed by atoms with E-state index in [0.29, 0.717) is 12.5 Å². The number of benzene rings is 2. The Morgan fingerprint density at radius 1 is 1.06 bits per heavy atom. The lowest BCUT2D eigenvalue weighted by Crippen LogP contribution is -2.46. The van der Waals surface area contributed by atoms with Crippen molar-refractivity contribution < 1.29 is 4.79 Å². The number of amides is 1. The molecule has 1 saturated heterocycles. The maximum absolute atomic E-state index is 12.8. The van der Waals surface area contributed by atoms with E-state index in [2.05, 4.69) is 69.9 Å². The summed E-state index contributed by atoms with van der Waals surface area (Å²) in [5.41, 5.74) is 5.09. The molecule has 172 valence electrons. The van der Waals surface area contributed by atoms with E-state index in [1.807, 2.05) is 11.0 Å². The molecule has 2 aliphatic rings. The van der Waals surface area contributed by atoms with Crippen LogP contribution in [0.2, 0.25) is 0 Å². The average molecular weight is 547 g/mol. The average Bonchev–Trinajstić information content (AvgIpc) is 3.36. The third-order valence-electron chi connectivity index (χ3n) is 6.31. The first-order valence-corrected chi connectivity index (χ1v) is 11.3. The van der Waals surface area contributed by atoms with Crippen molar-refractivity contribution in [2.75, 3.05) is 38.1 Å². The Hall–Kier alpha value is -2.29. The minimum absolute atomic E-state index is 0. The number of anilines is 1. The van der Waals surface area contributed by atoms with Gasteiger partial charge >= 0.3 is 0 Å². The van der Waals surface area contributed by atoms with E-state index < -0.39 is 0 Å². The van der Waals surface area contributed by atoms with Gasteiger partial charge in [0.2, 0.25) is 5.91 Å². The van der Waals surface area contributed by atoms with Crippen molar-refractivity contribution >= 4 is 41.5 Å². The van der Waals surface area contributed by atoms with Gasteiger partial charge in [0.25, 0.3) is 0 Å². The van der Waals surface area contributed by atoms with Gasteiger partial charge in [-0.2, -0.15) is 0 Å². The van der Waals surface area contributed by atoms with Crippen molar-refractivity contribution in [3.8, 4) is 0 Å². The van der Waals surface area contributed by atoms with E-state index in [9.17, 15) is 4.79 Å². The molecule has 0 aromatic heterocycles. The SMILES string of the molecule is CN=C(NCC(=O)N1CCc2ccccc2C1)NC(C)c1cccc(N2CCCC2)c1.I. The summed E-state index contributed by atoms with van der Waals surface area (Å²) in [6.45, 7) is 6.09. The van der Waals surface area contributed by atoms with Crippen molar-refractivity contribution in [1.29, 1.82) is 0 Å². The lowest BCUT2D eigenvalue weighted by atomic mass is 10.00. The Morgan fingerprint density at radius 2 is 1.81 bits per heavy atom. The van der Waals surface area contributed by atoms with Gasteiger partial charge in [-0.15, -0.1) is 24.0 Å². The minimum Gasteiger partial charge on any atom is -0.372 e. The molecule has 2 aromatic rings. The molecule has 0 radical (unpaired) electrons. The number of halogens is 1. The van der Waals surface area contributed by atoms with Crippen molar-refractivity contribution in [1.82, 2.24) is 15.5 Å². The fraction of sp³-hybridized carbons (Fsp3) is 0.440. The zero-order valence-corrected chi connectivity index (χ0v) is 21.3. The van der Waals surface area contributed by atoms with Crippen LogP contribution in [-0.4, -0.2) is 50.0 Å². The molecule has 6 nitrogen and oxygen atoms in total. The molecule has 2 aliphatic heterocycles. The molecular formula is C25H34IN5O.